The second kappa shape index (κ2) is 10.2. The zero-order valence-corrected chi connectivity index (χ0v) is 14.4. The Morgan fingerprint density at radius 1 is 1.12 bits per heavy atom. The Kier molecular flexibility index (Phi) is 7.85. The van der Waals surface area contributed by atoms with Crippen LogP contribution in [0, 0.1) is 0 Å². The quantitative estimate of drug-likeness (QED) is 0.509. The molecule has 1 saturated heterocycles. The van der Waals surface area contributed by atoms with E-state index >= 15 is 0 Å². The van der Waals surface area contributed by atoms with E-state index in [0.29, 0.717) is 43.5 Å². The Hall–Kier alpha value is -1.79. The molecule has 1 fully saturated rings. The largest absolute Gasteiger partial charge is 0.490 e. The summed E-state index contributed by atoms with van der Waals surface area (Å²) in [5, 5.41) is 0. The van der Waals surface area contributed by atoms with Gasteiger partial charge in [-0.1, -0.05) is 0 Å². The smallest absolute Gasteiger partial charge is 0.338 e. The van der Waals surface area contributed by atoms with Crippen LogP contribution in [-0.2, 0) is 14.2 Å². The molecular formula is C18H26O6. The molecule has 134 valence electrons. The average molecular weight is 338 g/mol. The highest BCUT2D eigenvalue weighted by Gasteiger charge is 2.15. The first-order chi connectivity index (χ1) is 11.7. The maximum absolute atomic E-state index is 11.8. The molecule has 6 heteroatoms. The normalized spacial score (nSPS) is 17.3. The molecule has 1 aromatic carbocycles. The molecule has 24 heavy (non-hydrogen) atoms. The summed E-state index contributed by atoms with van der Waals surface area (Å²) >= 11 is 0. The maximum Gasteiger partial charge on any atom is 0.338 e. The first kappa shape index (κ1) is 18.5. The van der Waals surface area contributed by atoms with E-state index in [-0.39, 0.29) is 12.3 Å². The predicted molar refractivity (Wildman–Crippen MR) is 88.6 cm³/mol. The topological polar surface area (TPSA) is 63.2 Å². The Morgan fingerprint density at radius 3 is 2.71 bits per heavy atom. The van der Waals surface area contributed by atoms with Crippen molar-refractivity contribution in [1.29, 1.82) is 0 Å². The molecule has 0 aromatic heterocycles. The van der Waals surface area contributed by atoms with Crippen LogP contribution in [0.2, 0.25) is 0 Å². The highest BCUT2D eigenvalue weighted by atomic mass is 16.7. The second-order valence-corrected chi connectivity index (χ2v) is 5.33. The van der Waals surface area contributed by atoms with Crippen molar-refractivity contribution in [3.63, 3.8) is 0 Å². The molecule has 0 amide bonds. The van der Waals surface area contributed by atoms with Crippen molar-refractivity contribution in [2.75, 3.05) is 33.0 Å². The highest BCUT2D eigenvalue weighted by molar-refractivity contribution is 5.90. The molecule has 1 heterocycles. The van der Waals surface area contributed by atoms with Gasteiger partial charge in [-0.2, -0.15) is 0 Å². The second-order valence-electron chi connectivity index (χ2n) is 5.33. The number of esters is 1. The van der Waals surface area contributed by atoms with Crippen LogP contribution in [0.25, 0.3) is 0 Å². The van der Waals surface area contributed by atoms with E-state index in [1.165, 1.54) is 0 Å². The summed E-state index contributed by atoms with van der Waals surface area (Å²) in [6, 6.07) is 5.03. The Labute approximate surface area is 143 Å². The number of hydrogen-bond donors (Lipinski definition) is 0. The number of ether oxygens (including phenoxy) is 5. The van der Waals surface area contributed by atoms with Crippen molar-refractivity contribution in [2.24, 2.45) is 0 Å². The van der Waals surface area contributed by atoms with Crippen LogP contribution in [0.1, 0.15) is 43.5 Å². The SMILES string of the molecule is CCOC(=O)c1ccc(OCC)c(OCCOC2CCCCO2)c1. The summed E-state index contributed by atoms with van der Waals surface area (Å²) in [5.41, 5.74) is 0.437. The summed E-state index contributed by atoms with van der Waals surface area (Å²) in [4.78, 5) is 11.8. The molecule has 0 bridgehead atoms. The monoisotopic (exact) mass is 338 g/mol. The molecule has 0 N–H and O–H groups in total. The van der Waals surface area contributed by atoms with Gasteiger partial charge in [0.2, 0.25) is 0 Å². The molecule has 0 saturated carbocycles. The first-order valence-corrected chi connectivity index (χ1v) is 8.54. The molecule has 1 unspecified atom stereocenters. The molecule has 6 nitrogen and oxygen atoms in total. The fourth-order valence-corrected chi connectivity index (χ4v) is 2.41. The van der Waals surface area contributed by atoms with Crippen LogP contribution in [0.4, 0.5) is 0 Å². The zero-order valence-electron chi connectivity index (χ0n) is 14.4. The van der Waals surface area contributed by atoms with Gasteiger partial charge in [-0.3, -0.25) is 0 Å². The van der Waals surface area contributed by atoms with Gasteiger partial charge in [-0.25, -0.2) is 4.79 Å². The highest BCUT2D eigenvalue weighted by Crippen LogP contribution is 2.29. The number of hydrogen-bond acceptors (Lipinski definition) is 6. The van der Waals surface area contributed by atoms with Crippen molar-refractivity contribution < 1.29 is 28.5 Å². The van der Waals surface area contributed by atoms with Crippen molar-refractivity contribution >= 4 is 5.97 Å². The van der Waals surface area contributed by atoms with Gasteiger partial charge >= 0.3 is 5.97 Å². The van der Waals surface area contributed by atoms with Crippen molar-refractivity contribution in [3.8, 4) is 11.5 Å². The van der Waals surface area contributed by atoms with Crippen molar-refractivity contribution in [2.45, 2.75) is 39.4 Å². The van der Waals surface area contributed by atoms with E-state index in [1.807, 2.05) is 6.92 Å². The van der Waals surface area contributed by atoms with Gasteiger partial charge in [0.05, 0.1) is 25.4 Å². The molecule has 1 aliphatic heterocycles. The zero-order chi connectivity index (χ0) is 17.2. The van der Waals surface area contributed by atoms with E-state index in [9.17, 15) is 4.79 Å². The average Bonchev–Trinajstić information content (AvgIpc) is 2.61. The standard InChI is InChI=1S/C18H26O6/c1-3-20-15-9-8-14(18(19)21-4-2)13-16(15)22-11-12-24-17-7-5-6-10-23-17/h8-9,13,17H,3-7,10-12H2,1-2H3. The summed E-state index contributed by atoms with van der Waals surface area (Å²) in [7, 11) is 0. The van der Waals surface area contributed by atoms with E-state index in [0.717, 1.165) is 25.9 Å². The minimum Gasteiger partial charge on any atom is -0.490 e. The third-order valence-electron chi connectivity index (χ3n) is 3.54. The molecule has 0 spiro atoms. The number of carbonyl (C=O) groups excluding carboxylic acids is 1. The lowest BCUT2D eigenvalue weighted by Crippen LogP contribution is -2.24. The maximum atomic E-state index is 11.8. The molecular weight excluding hydrogens is 312 g/mol. The predicted octanol–water partition coefficient (Wildman–Crippen LogP) is 3.18. The van der Waals surface area contributed by atoms with Gasteiger partial charge in [-0.15, -0.1) is 0 Å². The molecule has 1 atom stereocenters. The van der Waals surface area contributed by atoms with Crippen LogP contribution in [0.15, 0.2) is 18.2 Å². The van der Waals surface area contributed by atoms with Crippen LogP contribution in [-0.4, -0.2) is 45.3 Å². The number of benzene rings is 1. The number of carbonyl (C=O) groups is 1. The minimum atomic E-state index is -0.378. The summed E-state index contributed by atoms with van der Waals surface area (Å²) in [6.45, 7) is 6.04. The molecule has 0 radical (unpaired) electrons. The van der Waals surface area contributed by atoms with Crippen LogP contribution < -0.4 is 9.47 Å². The van der Waals surface area contributed by atoms with Crippen LogP contribution >= 0.6 is 0 Å². The third kappa shape index (κ3) is 5.69. The lowest BCUT2D eigenvalue weighted by Gasteiger charge is -2.22. The van der Waals surface area contributed by atoms with Gasteiger partial charge in [0.25, 0.3) is 0 Å². The van der Waals surface area contributed by atoms with Crippen LogP contribution in [0.3, 0.4) is 0 Å². The molecule has 2 rings (SSSR count). The van der Waals surface area contributed by atoms with Crippen molar-refractivity contribution in [1.82, 2.24) is 0 Å². The molecule has 1 aliphatic rings. The summed E-state index contributed by atoms with van der Waals surface area (Å²) in [6.07, 6.45) is 3.00. The summed E-state index contributed by atoms with van der Waals surface area (Å²) in [5.74, 6) is 0.729. The minimum absolute atomic E-state index is 0.139. The van der Waals surface area contributed by atoms with E-state index in [2.05, 4.69) is 0 Å². The van der Waals surface area contributed by atoms with E-state index in [4.69, 9.17) is 23.7 Å². The molecule has 0 aliphatic carbocycles. The number of rotatable bonds is 9. The fourth-order valence-electron chi connectivity index (χ4n) is 2.41. The lowest BCUT2D eigenvalue weighted by molar-refractivity contribution is -0.165. The third-order valence-corrected chi connectivity index (χ3v) is 3.54. The van der Waals surface area contributed by atoms with Gasteiger partial charge < -0.3 is 23.7 Å². The first-order valence-electron chi connectivity index (χ1n) is 8.54. The van der Waals surface area contributed by atoms with E-state index in [1.54, 1.807) is 25.1 Å². The Balaban J connectivity index is 1.90. The van der Waals surface area contributed by atoms with Crippen molar-refractivity contribution in [3.05, 3.63) is 23.8 Å². The van der Waals surface area contributed by atoms with E-state index < -0.39 is 0 Å². The van der Waals surface area contributed by atoms with Gasteiger partial charge in [0.15, 0.2) is 17.8 Å². The van der Waals surface area contributed by atoms with Gasteiger partial charge in [-0.05, 0) is 51.3 Å². The van der Waals surface area contributed by atoms with Gasteiger partial charge in [0, 0.05) is 6.61 Å². The fraction of sp³-hybridized carbons (Fsp3) is 0.611. The Morgan fingerprint density at radius 2 is 2.00 bits per heavy atom. The summed E-state index contributed by atoms with van der Waals surface area (Å²) < 4.78 is 27.4. The molecule has 1 aromatic rings. The van der Waals surface area contributed by atoms with Crippen LogP contribution in [0.5, 0.6) is 11.5 Å². The van der Waals surface area contributed by atoms with Gasteiger partial charge in [0.1, 0.15) is 6.61 Å². The lowest BCUT2D eigenvalue weighted by atomic mass is 10.2. The Bertz CT molecular complexity index is 510.